The number of hydrogen-bond donors (Lipinski definition) is 0. The predicted molar refractivity (Wildman–Crippen MR) is 90.5 cm³/mol. The second kappa shape index (κ2) is 8.10. The van der Waals surface area contributed by atoms with Gasteiger partial charge in [-0.3, -0.25) is 0 Å². The Morgan fingerprint density at radius 2 is 1.52 bits per heavy atom. The Bertz CT molecular complexity index is 836. The van der Waals surface area contributed by atoms with Crippen LogP contribution in [0.5, 0.6) is 0 Å². The van der Waals surface area contributed by atoms with Gasteiger partial charge in [-0.2, -0.15) is 31.6 Å². The Hall–Kier alpha value is -1.74. The zero-order chi connectivity index (χ0) is 21.2. The second-order valence-electron chi connectivity index (χ2n) is 5.57. The van der Waals surface area contributed by atoms with Crippen molar-refractivity contribution in [3.63, 3.8) is 0 Å². The maximum Gasteiger partial charge on any atom is 0.416 e. The first kappa shape index (κ1) is 23.3. The highest BCUT2D eigenvalue weighted by Gasteiger charge is 2.37. The quantitative estimate of drug-likeness (QED) is 0.388. The third kappa shape index (κ3) is 5.62. The lowest BCUT2D eigenvalue weighted by molar-refractivity contribution is -0.143. The third-order valence-electron chi connectivity index (χ3n) is 3.35. The summed E-state index contributed by atoms with van der Waals surface area (Å²) in [4.78, 5) is 3.62. The van der Waals surface area contributed by atoms with Crippen molar-refractivity contribution in [2.75, 3.05) is 6.26 Å². The molecule has 0 amide bonds. The number of sulfone groups is 1. The van der Waals surface area contributed by atoms with E-state index in [-0.39, 0.29) is 6.07 Å². The van der Waals surface area contributed by atoms with E-state index in [1.165, 1.54) is 26.2 Å². The Labute approximate surface area is 156 Å². The molecule has 1 aromatic carbocycles. The minimum Gasteiger partial charge on any atom is -0.244 e. The van der Waals surface area contributed by atoms with Gasteiger partial charge in [-0.15, -0.1) is 11.8 Å². The van der Waals surface area contributed by atoms with Crippen molar-refractivity contribution in [2.24, 2.45) is 4.99 Å². The summed E-state index contributed by atoms with van der Waals surface area (Å²) in [6.07, 6.45) is -8.81. The minimum atomic E-state index is -5.07. The smallest absolute Gasteiger partial charge is 0.244 e. The number of alkyl halides is 6. The van der Waals surface area contributed by atoms with E-state index in [1.54, 1.807) is 0 Å². The van der Waals surface area contributed by atoms with E-state index >= 15 is 0 Å². The van der Waals surface area contributed by atoms with Gasteiger partial charge in [0, 0.05) is 0 Å². The number of aliphatic imine (C=N–C) groups is 1. The molecular weight excluding hydrogens is 418 g/mol. The number of halogens is 6. The molecule has 0 saturated carbocycles. The third-order valence-corrected chi connectivity index (χ3v) is 6.54. The molecule has 0 saturated heterocycles. The molecule has 0 bridgehead atoms. The van der Waals surface area contributed by atoms with Crippen LogP contribution in [0.15, 0.2) is 23.2 Å². The van der Waals surface area contributed by atoms with Crippen LogP contribution in [0.1, 0.15) is 25.0 Å². The first-order chi connectivity index (χ1) is 12.1. The molecule has 0 aliphatic rings. The highest BCUT2D eigenvalue weighted by Crippen LogP contribution is 2.38. The Morgan fingerprint density at radius 3 is 1.81 bits per heavy atom. The summed E-state index contributed by atoms with van der Waals surface area (Å²) in [6, 6.07) is 2.16. The molecule has 0 fully saturated rings. The van der Waals surface area contributed by atoms with Crippen LogP contribution in [0.4, 0.5) is 32.0 Å². The van der Waals surface area contributed by atoms with E-state index in [1.807, 2.05) is 0 Å². The van der Waals surface area contributed by atoms with E-state index in [4.69, 9.17) is 0 Å². The minimum absolute atomic E-state index is 0.0651. The standard InChI is InChI=1S/C15H14F6N2O2S2/c1-8(2)27(24,25)12(7-22)13(26-3)23-11-5-9(14(16,17)18)4-10(6-11)15(19,20)21/h4-6,8,12H,1-3H3. The molecule has 1 aromatic rings. The van der Waals surface area contributed by atoms with E-state index < -0.39 is 54.5 Å². The molecule has 1 atom stereocenters. The Balaban J connectivity index is 3.65. The number of nitrogens with zero attached hydrogens (tertiary/aromatic N) is 2. The highest BCUT2D eigenvalue weighted by atomic mass is 32.2. The van der Waals surface area contributed by atoms with Gasteiger partial charge in [0.25, 0.3) is 0 Å². The summed E-state index contributed by atoms with van der Waals surface area (Å²) in [6.45, 7) is 2.59. The van der Waals surface area contributed by atoms with E-state index in [0.717, 1.165) is 0 Å². The summed E-state index contributed by atoms with van der Waals surface area (Å²) in [5, 5.41) is 5.95. The molecule has 12 heteroatoms. The predicted octanol–water partition coefficient (Wildman–Crippen LogP) is 4.83. The van der Waals surface area contributed by atoms with Crippen LogP contribution in [0.3, 0.4) is 0 Å². The fraction of sp³-hybridized carbons (Fsp3) is 0.467. The molecule has 150 valence electrons. The summed E-state index contributed by atoms with van der Waals surface area (Å²) in [5.74, 6) is 0. The fourth-order valence-corrected chi connectivity index (χ4v) is 4.06. The zero-order valence-corrected chi connectivity index (χ0v) is 15.8. The van der Waals surface area contributed by atoms with Gasteiger partial charge >= 0.3 is 12.4 Å². The van der Waals surface area contributed by atoms with Crippen LogP contribution in [0, 0.1) is 11.3 Å². The van der Waals surface area contributed by atoms with Crippen molar-refractivity contribution >= 4 is 32.3 Å². The normalized spacial score (nSPS) is 14.9. The fourth-order valence-electron chi connectivity index (χ4n) is 1.88. The summed E-state index contributed by atoms with van der Waals surface area (Å²) < 4.78 is 102. The van der Waals surface area contributed by atoms with Gasteiger partial charge < -0.3 is 0 Å². The maximum absolute atomic E-state index is 12.9. The molecule has 0 aliphatic heterocycles. The number of nitriles is 1. The van der Waals surface area contributed by atoms with Crippen LogP contribution < -0.4 is 0 Å². The molecule has 0 aromatic heterocycles. The molecule has 0 heterocycles. The first-order valence-corrected chi connectivity index (χ1v) is 10.0. The lowest BCUT2D eigenvalue weighted by Gasteiger charge is -2.16. The molecule has 4 nitrogen and oxygen atoms in total. The summed E-state index contributed by atoms with van der Waals surface area (Å²) >= 11 is 0.654. The SMILES string of the molecule is CSC(=Nc1cc(C(F)(F)F)cc(C(F)(F)F)c1)C(C#N)S(=O)(=O)C(C)C. The van der Waals surface area contributed by atoms with Crippen LogP contribution in [-0.2, 0) is 22.2 Å². The Kier molecular flexibility index (Phi) is 6.99. The Morgan fingerprint density at radius 1 is 1.07 bits per heavy atom. The largest absolute Gasteiger partial charge is 0.416 e. The zero-order valence-electron chi connectivity index (χ0n) is 14.2. The molecular formula is C15H14F6N2O2S2. The van der Waals surface area contributed by atoms with Gasteiger partial charge in [-0.25, -0.2) is 13.4 Å². The molecule has 0 radical (unpaired) electrons. The van der Waals surface area contributed by atoms with Gasteiger partial charge in [-0.05, 0) is 38.3 Å². The van der Waals surface area contributed by atoms with E-state index in [0.29, 0.717) is 23.9 Å². The van der Waals surface area contributed by atoms with Crippen molar-refractivity contribution in [2.45, 2.75) is 36.7 Å². The molecule has 0 spiro atoms. The van der Waals surface area contributed by atoms with Crippen molar-refractivity contribution in [1.82, 2.24) is 0 Å². The number of benzene rings is 1. The lowest BCUT2D eigenvalue weighted by Crippen LogP contribution is -2.32. The van der Waals surface area contributed by atoms with Gasteiger partial charge in [0.05, 0.1) is 28.1 Å². The molecule has 1 unspecified atom stereocenters. The van der Waals surface area contributed by atoms with E-state index in [9.17, 15) is 40.0 Å². The lowest BCUT2D eigenvalue weighted by atomic mass is 10.1. The van der Waals surface area contributed by atoms with Crippen molar-refractivity contribution in [3.8, 4) is 6.07 Å². The van der Waals surface area contributed by atoms with Gasteiger partial charge in [-0.1, -0.05) is 0 Å². The number of rotatable bonds is 4. The van der Waals surface area contributed by atoms with Crippen molar-refractivity contribution in [1.29, 1.82) is 5.26 Å². The van der Waals surface area contributed by atoms with E-state index in [2.05, 4.69) is 4.99 Å². The second-order valence-corrected chi connectivity index (χ2v) is 8.98. The van der Waals surface area contributed by atoms with Crippen molar-refractivity contribution < 1.29 is 34.8 Å². The average Bonchev–Trinajstić information content (AvgIpc) is 2.52. The number of thioether (sulfide) groups is 1. The van der Waals surface area contributed by atoms with Crippen LogP contribution >= 0.6 is 11.8 Å². The molecule has 0 aliphatic carbocycles. The van der Waals surface area contributed by atoms with Crippen LogP contribution in [-0.4, -0.2) is 30.2 Å². The first-order valence-electron chi connectivity index (χ1n) is 7.19. The molecule has 27 heavy (non-hydrogen) atoms. The topological polar surface area (TPSA) is 70.3 Å². The van der Waals surface area contributed by atoms with Gasteiger partial charge in [0.15, 0.2) is 15.1 Å². The maximum atomic E-state index is 12.9. The van der Waals surface area contributed by atoms with Crippen LogP contribution in [0.25, 0.3) is 0 Å². The number of hydrogen-bond acceptors (Lipinski definition) is 5. The highest BCUT2D eigenvalue weighted by molar-refractivity contribution is 8.15. The molecule has 1 rings (SSSR count). The van der Waals surface area contributed by atoms with Crippen molar-refractivity contribution in [3.05, 3.63) is 29.3 Å². The molecule has 0 N–H and O–H groups in total. The van der Waals surface area contributed by atoms with Gasteiger partial charge in [0.2, 0.25) is 0 Å². The average molecular weight is 432 g/mol. The van der Waals surface area contributed by atoms with Gasteiger partial charge in [0.1, 0.15) is 5.04 Å². The summed E-state index contributed by atoms with van der Waals surface area (Å²) in [7, 11) is -4.05. The summed E-state index contributed by atoms with van der Waals surface area (Å²) in [5.41, 5.74) is -3.92. The van der Waals surface area contributed by atoms with Crippen LogP contribution in [0.2, 0.25) is 0 Å². The monoisotopic (exact) mass is 432 g/mol.